The molecule has 2 heterocycles. The molecule has 2 fully saturated rings. The van der Waals surface area contributed by atoms with E-state index >= 15 is 4.57 Å². The largest absolute Gasteiger partial charge is 0.321 e. The minimum atomic E-state index is -2.81. The normalized spacial score (nSPS) is 22.0. The van der Waals surface area contributed by atoms with Crippen LogP contribution in [-0.4, -0.2) is 30.8 Å². The molecule has 3 nitrogen and oxygen atoms in total. The van der Waals surface area contributed by atoms with E-state index in [9.17, 15) is 0 Å². The second-order valence-corrected chi connectivity index (χ2v) is 13.3. The van der Waals surface area contributed by atoms with Crippen molar-refractivity contribution in [2.24, 2.45) is 0 Å². The zero-order valence-corrected chi connectivity index (χ0v) is 20.5. The zero-order valence-electron chi connectivity index (χ0n) is 19.6. The van der Waals surface area contributed by atoms with Crippen molar-refractivity contribution in [2.75, 3.05) is 26.2 Å². The molecule has 31 heavy (non-hydrogen) atoms. The molecule has 2 aliphatic rings. The fourth-order valence-electron chi connectivity index (χ4n) is 5.42. The van der Waals surface area contributed by atoms with Crippen molar-refractivity contribution in [2.45, 2.75) is 70.5 Å². The molecule has 0 radical (unpaired) electrons. The van der Waals surface area contributed by atoms with E-state index in [1.54, 1.807) is 0 Å². The fourth-order valence-corrected chi connectivity index (χ4v) is 9.18. The van der Waals surface area contributed by atoms with Crippen LogP contribution >= 0.6 is 7.29 Å². The number of likely N-dealkylation sites (tertiary alicyclic amines) is 1. The third-order valence-electron chi connectivity index (χ3n) is 7.20. The van der Waals surface area contributed by atoms with Crippen molar-refractivity contribution in [3.63, 3.8) is 0 Å². The highest BCUT2D eigenvalue weighted by molar-refractivity contribution is 7.69. The van der Waals surface area contributed by atoms with Crippen LogP contribution in [0, 0.1) is 0 Å². The van der Waals surface area contributed by atoms with Gasteiger partial charge in [0.25, 0.3) is 0 Å². The molecule has 2 saturated heterocycles. The van der Waals surface area contributed by atoms with E-state index < -0.39 is 7.29 Å². The van der Waals surface area contributed by atoms with E-state index in [1.807, 2.05) is 6.07 Å². The molecule has 168 valence electrons. The van der Waals surface area contributed by atoms with Crippen LogP contribution in [-0.2, 0) is 9.98 Å². The van der Waals surface area contributed by atoms with E-state index in [-0.39, 0.29) is 11.2 Å². The van der Waals surface area contributed by atoms with Gasteiger partial charge in [-0.05, 0) is 55.2 Å². The summed E-state index contributed by atoms with van der Waals surface area (Å²) in [5.41, 5.74) is 2.72. The predicted molar refractivity (Wildman–Crippen MR) is 132 cm³/mol. The smallest absolute Gasteiger partial charge is 0.238 e. The van der Waals surface area contributed by atoms with Crippen molar-refractivity contribution >= 4 is 12.6 Å². The lowest BCUT2D eigenvalue weighted by Gasteiger charge is -2.43. The lowest BCUT2D eigenvalue weighted by atomic mass is 9.86. The molecule has 0 saturated carbocycles. The minimum Gasteiger partial charge on any atom is -0.321 e. The second-order valence-electron chi connectivity index (χ2n) is 10.5. The van der Waals surface area contributed by atoms with Crippen LogP contribution in [0.3, 0.4) is 0 Å². The third kappa shape index (κ3) is 4.85. The number of nitrogens with zero attached hydrogens (tertiary/aromatic N) is 1. The maximum atomic E-state index is 15.4. The molecule has 2 aliphatic heterocycles. The van der Waals surface area contributed by atoms with Gasteiger partial charge in [0.2, 0.25) is 7.29 Å². The number of nitrogens with one attached hydrogen (secondary N) is 1. The SMILES string of the molecule is CC(C)(C)c1ccc([C@H]([NH+]2CCCCC2)[P@@](=O)(c2ccccc2)N2CCCCC2)cc1. The summed E-state index contributed by atoms with van der Waals surface area (Å²) >= 11 is 0. The van der Waals surface area contributed by atoms with Gasteiger partial charge in [-0.25, -0.2) is 4.67 Å². The summed E-state index contributed by atoms with van der Waals surface area (Å²) in [5.74, 6) is 0.0160. The third-order valence-corrected chi connectivity index (χ3v) is 10.8. The number of hydrogen-bond donors (Lipinski definition) is 1. The maximum Gasteiger partial charge on any atom is 0.238 e. The number of quaternary nitrogens is 1. The van der Waals surface area contributed by atoms with Gasteiger partial charge in [-0.3, -0.25) is 4.57 Å². The van der Waals surface area contributed by atoms with Crippen LogP contribution in [0.2, 0.25) is 0 Å². The Morgan fingerprint density at radius 1 is 0.806 bits per heavy atom. The highest BCUT2D eigenvalue weighted by Gasteiger charge is 2.48. The molecule has 1 N–H and O–H groups in total. The molecule has 2 aromatic rings. The second kappa shape index (κ2) is 9.61. The Morgan fingerprint density at radius 3 is 1.97 bits per heavy atom. The first-order valence-electron chi connectivity index (χ1n) is 12.3. The molecule has 2 aromatic carbocycles. The number of piperidine rings is 2. The summed E-state index contributed by atoms with van der Waals surface area (Å²) in [6.45, 7) is 10.9. The summed E-state index contributed by atoms with van der Waals surface area (Å²) in [7, 11) is -2.81. The monoisotopic (exact) mass is 439 g/mol. The van der Waals surface area contributed by atoms with Crippen molar-refractivity contribution in [1.82, 2.24) is 4.67 Å². The number of hydrogen-bond acceptors (Lipinski definition) is 1. The predicted octanol–water partition coefficient (Wildman–Crippen LogP) is 5.14. The van der Waals surface area contributed by atoms with Gasteiger partial charge in [0, 0.05) is 24.0 Å². The van der Waals surface area contributed by atoms with E-state index in [0.717, 1.165) is 44.3 Å². The van der Waals surface area contributed by atoms with Gasteiger partial charge >= 0.3 is 0 Å². The van der Waals surface area contributed by atoms with Crippen LogP contribution < -0.4 is 10.2 Å². The van der Waals surface area contributed by atoms with Crippen LogP contribution in [0.25, 0.3) is 0 Å². The molecular weight excluding hydrogens is 399 g/mol. The first kappa shape index (κ1) is 22.8. The van der Waals surface area contributed by atoms with Crippen molar-refractivity contribution < 1.29 is 9.46 Å². The van der Waals surface area contributed by atoms with E-state index in [2.05, 4.69) is 74.0 Å². The van der Waals surface area contributed by atoms with Crippen molar-refractivity contribution in [1.29, 1.82) is 0 Å². The summed E-state index contributed by atoms with van der Waals surface area (Å²) in [5, 5.41) is 1.04. The molecule has 0 spiro atoms. The van der Waals surface area contributed by atoms with Crippen LogP contribution in [0.4, 0.5) is 0 Å². The van der Waals surface area contributed by atoms with Crippen molar-refractivity contribution in [3.05, 3.63) is 65.7 Å². The minimum absolute atomic E-state index is 0.0160. The molecule has 4 rings (SSSR count). The summed E-state index contributed by atoms with van der Waals surface area (Å²) in [6, 6.07) is 19.5. The van der Waals surface area contributed by atoms with Crippen LogP contribution in [0.5, 0.6) is 0 Å². The topological polar surface area (TPSA) is 24.8 Å². The van der Waals surface area contributed by atoms with Gasteiger partial charge in [0.1, 0.15) is 0 Å². The molecule has 0 unspecified atom stereocenters. The van der Waals surface area contributed by atoms with Gasteiger partial charge in [0.05, 0.1) is 13.1 Å². The Hall–Kier alpha value is -1.41. The molecule has 0 bridgehead atoms. The first-order valence-corrected chi connectivity index (χ1v) is 14.0. The van der Waals surface area contributed by atoms with Gasteiger partial charge < -0.3 is 4.90 Å². The lowest BCUT2D eigenvalue weighted by Crippen LogP contribution is -3.13. The van der Waals surface area contributed by atoms with Gasteiger partial charge in [-0.1, -0.05) is 69.7 Å². The average molecular weight is 440 g/mol. The lowest BCUT2D eigenvalue weighted by molar-refractivity contribution is -0.922. The number of benzene rings is 2. The Morgan fingerprint density at radius 2 is 1.39 bits per heavy atom. The van der Waals surface area contributed by atoms with E-state index in [4.69, 9.17) is 0 Å². The Kier molecular flexibility index (Phi) is 7.06. The summed E-state index contributed by atoms with van der Waals surface area (Å²) < 4.78 is 17.7. The van der Waals surface area contributed by atoms with Crippen molar-refractivity contribution in [3.8, 4) is 0 Å². The Balaban J connectivity index is 1.83. The fraction of sp³-hybridized carbons (Fsp3) is 0.556. The molecule has 2 atom stereocenters. The average Bonchev–Trinajstić information content (AvgIpc) is 2.81. The zero-order chi connectivity index (χ0) is 21.9. The Bertz CT molecular complexity index is 876. The molecule has 0 amide bonds. The van der Waals surface area contributed by atoms with Crippen LogP contribution in [0.15, 0.2) is 54.6 Å². The summed E-state index contributed by atoms with van der Waals surface area (Å²) in [6.07, 6.45) is 7.34. The number of rotatable bonds is 5. The summed E-state index contributed by atoms with van der Waals surface area (Å²) in [4.78, 5) is 1.52. The molecule has 0 aromatic heterocycles. The van der Waals surface area contributed by atoms with E-state index in [1.165, 1.54) is 41.7 Å². The van der Waals surface area contributed by atoms with Crippen LogP contribution in [0.1, 0.15) is 76.2 Å². The first-order chi connectivity index (χ1) is 14.9. The van der Waals surface area contributed by atoms with Gasteiger partial charge in [0.15, 0.2) is 5.78 Å². The maximum absolute atomic E-state index is 15.4. The highest BCUT2D eigenvalue weighted by atomic mass is 31.2. The Labute approximate surface area is 189 Å². The molecular formula is C27H40N2OP+. The van der Waals surface area contributed by atoms with E-state index in [0.29, 0.717) is 0 Å². The quantitative estimate of drug-likeness (QED) is 0.653. The van der Waals surface area contributed by atoms with Gasteiger partial charge in [-0.2, -0.15) is 0 Å². The highest BCUT2D eigenvalue weighted by Crippen LogP contribution is 2.59. The standard InChI is InChI=1S/C27H39N2OP/c1-27(2,3)24-17-15-23(16-18-24)26(28-19-9-5-10-20-28)31(30,25-13-7-4-8-14-25)29-21-11-6-12-22-29/h4,7-8,13-18,26H,5-6,9-12,19-22H2,1-3H3/p+1/t26-,31+/m1/s1. The molecule has 0 aliphatic carbocycles. The molecule has 4 heteroatoms. The van der Waals surface area contributed by atoms with Gasteiger partial charge in [-0.15, -0.1) is 0 Å².